The van der Waals surface area contributed by atoms with Gasteiger partial charge in [0, 0.05) is 20.3 Å². The topological polar surface area (TPSA) is 64.8 Å². The zero-order valence-corrected chi connectivity index (χ0v) is 9.07. The highest BCUT2D eigenvalue weighted by atomic mass is 16.5. The Hall–Kier alpha value is -0.650. The van der Waals surface area contributed by atoms with Gasteiger partial charge in [0.2, 0.25) is 5.91 Å². The van der Waals surface area contributed by atoms with Crippen LogP contribution in [0.4, 0.5) is 0 Å². The number of carbonyl (C=O) groups is 1. The summed E-state index contributed by atoms with van der Waals surface area (Å²) in [5.74, 6) is -0.0181. The molecule has 2 aliphatic heterocycles. The molecule has 0 aromatic carbocycles. The third kappa shape index (κ3) is 2.00. The lowest BCUT2D eigenvalue weighted by Gasteiger charge is -2.31. The van der Waals surface area contributed by atoms with Crippen molar-refractivity contribution in [3.8, 4) is 0 Å². The highest BCUT2D eigenvalue weighted by molar-refractivity contribution is 5.86. The fourth-order valence-electron chi connectivity index (χ4n) is 2.09. The Balaban J connectivity index is 1.99. The Kier molecular flexibility index (Phi) is 2.95. The summed E-state index contributed by atoms with van der Waals surface area (Å²) in [7, 11) is 1.80. The average Bonchev–Trinajstić information content (AvgIpc) is 2.86. The molecular weight excluding hydrogens is 196 g/mol. The maximum Gasteiger partial charge on any atom is 0.245 e. The molecule has 86 valence electrons. The first-order valence-electron chi connectivity index (χ1n) is 5.35. The van der Waals surface area contributed by atoms with Crippen LogP contribution in [0.5, 0.6) is 0 Å². The van der Waals surface area contributed by atoms with Crippen molar-refractivity contribution in [3.63, 3.8) is 0 Å². The average molecular weight is 214 g/mol. The van der Waals surface area contributed by atoms with Gasteiger partial charge in [0.25, 0.3) is 0 Å². The van der Waals surface area contributed by atoms with Crippen LogP contribution in [0.3, 0.4) is 0 Å². The number of carbonyl (C=O) groups excluding carboxylic acids is 1. The molecule has 5 heteroatoms. The van der Waals surface area contributed by atoms with Gasteiger partial charge in [-0.05, 0) is 12.8 Å². The van der Waals surface area contributed by atoms with E-state index in [9.17, 15) is 4.79 Å². The molecule has 2 unspecified atom stereocenters. The summed E-state index contributed by atoms with van der Waals surface area (Å²) in [6, 6.07) is 0.179. The monoisotopic (exact) mass is 214 g/mol. The summed E-state index contributed by atoms with van der Waals surface area (Å²) in [4.78, 5) is 13.8. The standard InChI is InChI=1S/C10H18N2O3/c1-12(8-2-4-14-6-8)9(13)10(11)3-5-15-7-10/h8H,2-7,11H2,1H3. The van der Waals surface area contributed by atoms with Crippen LogP contribution >= 0.6 is 0 Å². The van der Waals surface area contributed by atoms with Crippen molar-refractivity contribution in [2.75, 3.05) is 33.5 Å². The number of rotatable bonds is 2. The van der Waals surface area contributed by atoms with E-state index in [0.29, 0.717) is 26.2 Å². The van der Waals surface area contributed by atoms with Crippen LogP contribution in [0, 0.1) is 0 Å². The molecule has 0 bridgehead atoms. The lowest BCUT2D eigenvalue weighted by molar-refractivity contribution is -0.137. The van der Waals surface area contributed by atoms with E-state index in [0.717, 1.165) is 13.0 Å². The summed E-state index contributed by atoms with van der Waals surface area (Å²) in [5, 5.41) is 0. The molecule has 2 heterocycles. The van der Waals surface area contributed by atoms with E-state index >= 15 is 0 Å². The third-order valence-electron chi connectivity index (χ3n) is 3.25. The number of hydrogen-bond acceptors (Lipinski definition) is 4. The number of hydrogen-bond donors (Lipinski definition) is 1. The highest BCUT2D eigenvalue weighted by Crippen LogP contribution is 2.21. The van der Waals surface area contributed by atoms with E-state index in [4.69, 9.17) is 15.2 Å². The Bertz CT molecular complexity index is 245. The second kappa shape index (κ2) is 4.08. The Morgan fingerprint density at radius 3 is 2.80 bits per heavy atom. The SMILES string of the molecule is CN(C(=O)C1(N)CCOC1)C1CCOC1. The molecule has 0 aliphatic carbocycles. The molecule has 1 amide bonds. The van der Waals surface area contributed by atoms with Gasteiger partial charge >= 0.3 is 0 Å². The van der Waals surface area contributed by atoms with Gasteiger partial charge in [-0.1, -0.05) is 0 Å². The molecule has 2 atom stereocenters. The summed E-state index contributed by atoms with van der Waals surface area (Å²) in [6.07, 6.45) is 1.52. The van der Waals surface area contributed by atoms with Crippen molar-refractivity contribution in [1.29, 1.82) is 0 Å². The largest absolute Gasteiger partial charge is 0.379 e. The van der Waals surface area contributed by atoms with Gasteiger partial charge in [-0.2, -0.15) is 0 Å². The highest BCUT2D eigenvalue weighted by Gasteiger charge is 2.42. The van der Waals surface area contributed by atoms with Gasteiger partial charge in [0.15, 0.2) is 0 Å². The van der Waals surface area contributed by atoms with E-state index < -0.39 is 5.54 Å². The van der Waals surface area contributed by atoms with Crippen LogP contribution in [0.25, 0.3) is 0 Å². The lowest BCUT2D eigenvalue weighted by atomic mass is 9.97. The van der Waals surface area contributed by atoms with E-state index in [1.165, 1.54) is 0 Å². The van der Waals surface area contributed by atoms with E-state index in [1.807, 2.05) is 0 Å². The quantitative estimate of drug-likeness (QED) is 0.663. The van der Waals surface area contributed by atoms with Crippen molar-refractivity contribution in [3.05, 3.63) is 0 Å². The fourth-order valence-corrected chi connectivity index (χ4v) is 2.09. The van der Waals surface area contributed by atoms with Crippen molar-refractivity contribution in [1.82, 2.24) is 4.90 Å². The smallest absolute Gasteiger partial charge is 0.245 e. The Labute approximate surface area is 89.5 Å². The second-order valence-electron chi connectivity index (χ2n) is 4.39. The Morgan fingerprint density at radius 2 is 2.27 bits per heavy atom. The van der Waals surface area contributed by atoms with Gasteiger partial charge in [0.1, 0.15) is 5.54 Å². The molecule has 0 aromatic heterocycles. The van der Waals surface area contributed by atoms with Crippen LogP contribution in [0.1, 0.15) is 12.8 Å². The molecule has 0 spiro atoms. The van der Waals surface area contributed by atoms with Gasteiger partial charge in [0.05, 0.1) is 19.3 Å². The van der Waals surface area contributed by atoms with E-state index in [1.54, 1.807) is 11.9 Å². The molecular formula is C10H18N2O3. The number of likely N-dealkylation sites (N-methyl/N-ethyl adjacent to an activating group) is 1. The molecule has 5 nitrogen and oxygen atoms in total. The van der Waals surface area contributed by atoms with Crippen LogP contribution in [0.15, 0.2) is 0 Å². The van der Waals surface area contributed by atoms with Crippen molar-refractivity contribution < 1.29 is 14.3 Å². The number of nitrogens with zero attached hydrogens (tertiary/aromatic N) is 1. The molecule has 15 heavy (non-hydrogen) atoms. The van der Waals surface area contributed by atoms with E-state index in [-0.39, 0.29) is 11.9 Å². The van der Waals surface area contributed by atoms with E-state index in [2.05, 4.69) is 0 Å². The minimum atomic E-state index is -0.808. The van der Waals surface area contributed by atoms with Crippen molar-refractivity contribution in [2.24, 2.45) is 5.73 Å². The van der Waals surface area contributed by atoms with Crippen LogP contribution in [-0.4, -0.2) is 55.9 Å². The van der Waals surface area contributed by atoms with Gasteiger partial charge < -0.3 is 20.1 Å². The Morgan fingerprint density at radius 1 is 1.47 bits per heavy atom. The molecule has 0 radical (unpaired) electrons. The predicted octanol–water partition coefficient (Wildman–Crippen LogP) is -0.648. The van der Waals surface area contributed by atoms with Crippen LogP contribution in [0.2, 0.25) is 0 Å². The maximum absolute atomic E-state index is 12.1. The number of nitrogens with two attached hydrogens (primary N) is 1. The summed E-state index contributed by atoms with van der Waals surface area (Å²) in [6.45, 7) is 2.27. The minimum absolute atomic E-state index is 0.0181. The normalized spacial score (nSPS) is 35.7. The van der Waals surface area contributed by atoms with Crippen LogP contribution in [-0.2, 0) is 14.3 Å². The molecule has 2 rings (SSSR count). The van der Waals surface area contributed by atoms with Gasteiger partial charge in [-0.15, -0.1) is 0 Å². The summed E-state index contributed by atoms with van der Waals surface area (Å²) < 4.78 is 10.4. The molecule has 0 saturated carbocycles. The van der Waals surface area contributed by atoms with Gasteiger partial charge in [-0.25, -0.2) is 0 Å². The zero-order valence-electron chi connectivity index (χ0n) is 9.07. The maximum atomic E-state index is 12.1. The molecule has 0 aromatic rings. The second-order valence-corrected chi connectivity index (χ2v) is 4.39. The summed E-state index contributed by atoms with van der Waals surface area (Å²) in [5.41, 5.74) is 5.21. The fraction of sp³-hybridized carbons (Fsp3) is 0.900. The summed E-state index contributed by atoms with van der Waals surface area (Å²) >= 11 is 0. The van der Waals surface area contributed by atoms with Gasteiger partial charge in [-0.3, -0.25) is 4.79 Å². The number of amides is 1. The van der Waals surface area contributed by atoms with Crippen molar-refractivity contribution >= 4 is 5.91 Å². The first-order chi connectivity index (χ1) is 7.13. The lowest BCUT2D eigenvalue weighted by Crippen LogP contribution is -2.57. The first kappa shape index (κ1) is 10.9. The molecule has 2 N–H and O–H groups in total. The van der Waals surface area contributed by atoms with Crippen molar-refractivity contribution in [2.45, 2.75) is 24.4 Å². The minimum Gasteiger partial charge on any atom is -0.379 e. The predicted molar refractivity (Wildman–Crippen MR) is 54.3 cm³/mol. The zero-order chi connectivity index (χ0) is 10.9. The van der Waals surface area contributed by atoms with Crippen LogP contribution < -0.4 is 5.73 Å². The third-order valence-corrected chi connectivity index (χ3v) is 3.25. The molecule has 2 fully saturated rings. The first-order valence-corrected chi connectivity index (χ1v) is 5.35. The molecule has 2 saturated heterocycles. The molecule has 2 aliphatic rings. The number of ether oxygens (including phenoxy) is 2.